The molecule has 2 aromatic heterocycles. The molecule has 9 nitrogen and oxygen atoms in total. The first-order chi connectivity index (χ1) is 16.8. The first-order valence-electron chi connectivity index (χ1n) is 10.7. The first-order valence-corrected chi connectivity index (χ1v) is 11.0. The Bertz CT molecular complexity index is 1480. The van der Waals surface area contributed by atoms with Gasteiger partial charge in [-0.2, -0.15) is 0 Å². The summed E-state index contributed by atoms with van der Waals surface area (Å²) >= 11 is 5.97. The predicted octanol–water partition coefficient (Wildman–Crippen LogP) is 4.36. The molecule has 4 rings (SSSR count). The van der Waals surface area contributed by atoms with Gasteiger partial charge in [0.2, 0.25) is 0 Å². The van der Waals surface area contributed by atoms with Crippen LogP contribution in [0.4, 0.5) is 11.6 Å². The van der Waals surface area contributed by atoms with Crippen LogP contribution in [0.5, 0.6) is 11.5 Å². The molecule has 0 saturated heterocycles. The van der Waals surface area contributed by atoms with Gasteiger partial charge in [-0.1, -0.05) is 29.8 Å². The molecule has 2 N–H and O–H groups in total. The van der Waals surface area contributed by atoms with Crippen molar-refractivity contribution in [2.75, 3.05) is 5.32 Å². The van der Waals surface area contributed by atoms with Crippen LogP contribution in [0.3, 0.4) is 0 Å². The van der Waals surface area contributed by atoms with E-state index in [4.69, 9.17) is 21.4 Å². The van der Waals surface area contributed by atoms with Crippen molar-refractivity contribution < 1.29 is 14.6 Å². The van der Waals surface area contributed by atoms with Crippen molar-refractivity contribution in [2.45, 2.75) is 20.0 Å². The summed E-state index contributed by atoms with van der Waals surface area (Å²) < 4.78 is 8.29. The normalized spacial score (nSPS) is 10.7. The summed E-state index contributed by atoms with van der Waals surface area (Å²) in [5, 5.41) is 12.7. The Labute approximate surface area is 204 Å². The van der Waals surface area contributed by atoms with Gasteiger partial charge in [0.15, 0.2) is 0 Å². The lowest BCUT2D eigenvalue weighted by atomic mass is 10.2. The van der Waals surface area contributed by atoms with Crippen LogP contribution in [0, 0.1) is 0 Å². The van der Waals surface area contributed by atoms with Crippen molar-refractivity contribution in [3.63, 3.8) is 0 Å². The second-order valence-electron chi connectivity index (χ2n) is 7.55. The number of benzene rings is 2. The van der Waals surface area contributed by atoms with Gasteiger partial charge >= 0.3 is 11.7 Å². The zero-order chi connectivity index (χ0) is 24.9. The van der Waals surface area contributed by atoms with Gasteiger partial charge in [-0.05, 0) is 55.0 Å². The molecule has 2 heterocycles. The molecule has 35 heavy (non-hydrogen) atoms. The molecule has 0 fully saturated rings. The summed E-state index contributed by atoms with van der Waals surface area (Å²) in [7, 11) is 0. The molecule has 10 heteroatoms. The summed E-state index contributed by atoms with van der Waals surface area (Å²) in [6.07, 6.45) is 1.45. The third-order valence-electron chi connectivity index (χ3n) is 5.16. The van der Waals surface area contributed by atoms with Gasteiger partial charge < -0.3 is 15.2 Å². The first kappa shape index (κ1) is 23.8. The van der Waals surface area contributed by atoms with Gasteiger partial charge in [-0.15, -0.1) is 0 Å². The van der Waals surface area contributed by atoms with Gasteiger partial charge in [0, 0.05) is 17.6 Å². The van der Waals surface area contributed by atoms with Gasteiger partial charge in [-0.3, -0.25) is 13.9 Å². The molecule has 0 unspecified atom stereocenters. The Morgan fingerprint density at radius 1 is 1.03 bits per heavy atom. The molecule has 0 aliphatic carbocycles. The minimum atomic E-state index is -1.05. The van der Waals surface area contributed by atoms with E-state index < -0.39 is 17.2 Å². The molecule has 0 radical (unpaired) electrons. The Balaban J connectivity index is 1.60. The van der Waals surface area contributed by atoms with Crippen molar-refractivity contribution in [3.05, 3.63) is 110 Å². The Hall–Kier alpha value is -4.37. The molecule has 0 saturated carbocycles. The maximum absolute atomic E-state index is 13.0. The molecule has 0 atom stereocenters. The number of pyridine rings is 1. The zero-order valence-corrected chi connectivity index (χ0v) is 19.4. The fraction of sp³-hybridized carbons (Fsp3) is 0.120. The smallest absolute Gasteiger partial charge is 0.335 e. The van der Waals surface area contributed by atoms with E-state index in [1.165, 1.54) is 29.0 Å². The molecular formula is C25H21ClN4O5. The summed E-state index contributed by atoms with van der Waals surface area (Å²) in [6.45, 7) is 2.20. The maximum atomic E-state index is 13.0. The lowest BCUT2D eigenvalue weighted by molar-refractivity contribution is 0.0696. The van der Waals surface area contributed by atoms with Gasteiger partial charge in [-0.25, -0.2) is 14.6 Å². The molecule has 0 amide bonds. The van der Waals surface area contributed by atoms with Crippen LogP contribution in [-0.2, 0) is 13.1 Å². The van der Waals surface area contributed by atoms with Crippen LogP contribution >= 0.6 is 11.6 Å². The highest BCUT2D eigenvalue weighted by molar-refractivity contribution is 6.30. The SMILES string of the molecule is CCn1c(=O)cc(Nc2ccc(Oc3cccc(C(=O)O)c3)cn2)n(Cc2ccc(Cl)cc2)c1=O. The minimum absolute atomic E-state index is 0.106. The predicted molar refractivity (Wildman–Crippen MR) is 132 cm³/mol. The molecular weight excluding hydrogens is 472 g/mol. The summed E-state index contributed by atoms with van der Waals surface area (Å²) in [6, 6.07) is 17.8. The number of ether oxygens (including phenoxy) is 1. The summed E-state index contributed by atoms with van der Waals surface area (Å²) in [4.78, 5) is 40.9. The van der Waals surface area contributed by atoms with E-state index in [1.54, 1.807) is 43.3 Å². The van der Waals surface area contributed by atoms with Gasteiger partial charge in [0.25, 0.3) is 5.56 Å². The number of rotatable bonds is 8. The van der Waals surface area contributed by atoms with Crippen LogP contribution in [-0.4, -0.2) is 25.2 Å². The number of carbonyl (C=O) groups is 1. The van der Waals surface area contributed by atoms with Crippen LogP contribution in [0.1, 0.15) is 22.8 Å². The molecule has 178 valence electrons. The highest BCUT2D eigenvalue weighted by Gasteiger charge is 2.13. The highest BCUT2D eigenvalue weighted by atomic mass is 35.5. The van der Waals surface area contributed by atoms with Crippen LogP contribution in [0.15, 0.2) is 82.5 Å². The number of carboxylic acids is 1. The lowest BCUT2D eigenvalue weighted by Crippen LogP contribution is -2.40. The van der Waals surface area contributed by atoms with E-state index in [2.05, 4.69) is 10.3 Å². The van der Waals surface area contributed by atoms with Gasteiger partial charge in [0.1, 0.15) is 23.1 Å². The summed E-state index contributed by atoms with van der Waals surface area (Å²) in [5.74, 6) is 0.359. The number of hydrogen-bond donors (Lipinski definition) is 2. The third-order valence-corrected chi connectivity index (χ3v) is 5.41. The largest absolute Gasteiger partial charge is 0.478 e. The fourth-order valence-electron chi connectivity index (χ4n) is 3.41. The van der Waals surface area contributed by atoms with Crippen molar-refractivity contribution in [2.24, 2.45) is 0 Å². The van der Waals surface area contributed by atoms with E-state index in [9.17, 15) is 14.4 Å². The highest BCUT2D eigenvalue weighted by Crippen LogP contribution is 2.23. The average molecular weight is 493 g/mol. The molecule has 0 bridgehead atoms. The molecule has 2 aromatic carbocycles. The monoisotopic (exact) mass is 492 g/mol. The van der Waals surface area contributed by atoms with E-state index in [1.807, 2.05) is 12.1 Å². The van der Waals surface area contributed by atoms with E-state index in [-0.39, 0.29) is 24.5 Å². The number of aromatic nitrogens is 3. The second kappa shape index (κ2) is 10.3. The van der Waals surface area contributed by atoms with Crippen LogP contribution in [0.2, 0.25) is 5.02 Å². The third kappa shape index (κ3) is 5.59. The average Bonchev–Trinajstić information content (AvgIpc) is 2.84. The zero-order valence-electron chi connectivity index (χ0n) is 18.6. The van der Waals surface area contributed by atoms with E-state index in [0.29, 0.717) is 22.3 Å². The Morgan fingerprint density at radius 3 is 2.46 bits per heavy atom. The molecule has 4 aromatic rings. The number of aromatic carboxylic acids is 1. The Kier molecular flexibility index (Phi) is 6.98. The Morgan fingerprint density at radius 2 is 1.80 bits per heavy atom. The van der Waals surface area contributed by atoms with Crippen LogP contribution < -0.4 is 21.3 Å². The number of halogens is 1. The van der Waals surface area contributed by atoms with Crippen molar-refractivity contribution in [3.8, 4) is 11.5 Å². The quantitative estimate of drug-likeness (QED) is 0.375. The lowest BCUT2D eigenvalue weighted by Gasteiger charge is -2.16. The van der Waals surface area contributed by atoms with E-state index in [0.717, 1.165) is 10.1 Å². The number of anilines is 2. The number of carboxylic acid groups (broad SMARTS) is 1. The van der Waals surface area contributed by atoms with E-state index >= 15 is 0 Å². The van der Waals surface area contributed by atoms with Crippen molar-refractivity contribution >= 4 is 29.2 Å². The fourth-order valence-corrected chi connectivity index (χ4v) is 3.54. The topological polar surface area (TPSA) is 115 Å². The van der Waals surface area contributed by atoms with Crippen molar-refractivity contribution in [1.82, 2.24) is 14.1 Å². The molecule has 0 aliphatic rings. The molecule has 0 aliphatic heterocycles. The maximum Gasteiger partial charge on any atom is 0.335 e. The van der Waals surface area contributed by atoms with Crippen molar-refractivity contribution in [1.29, 1.82) is 0 Å². The number of nitrogens with one attached hydrogen (secondary N) is 1. The van der Waals surface area contributed by atoms with Crippen LogP contribution in [0.25, 0.3) is 0 Å². The minimum Gasteiger partial charge on any atom is -0.478 e. The molecule has 0 spiro atoms. The number of hydrogen-bond acceptors (Lipinski definition) is 6. The number of nitrogens with zero attached hydrogens (tertiary/aromatic N) is 3. The standard InChI is InChI=1S/C25H21ClN4O5/c1-2-29-23(31)13-22(30(25(29)34)15-16-6-8-18(26)9-7-16)28-21-11-10-20(14-27-21)35-19-5-3-4-17(12-19)24(32)33/h3-14H,2,15H2,1H3,(H,27,28)(H,32,33). The second-order valence-corrected chi connectivity index (χ2v) is 7.98. The van der Waals surface area contributed by atoms with Gasteiger partial charge in [0.05, 0.1) is 18.3 Å². The summed E-state index contributed by atoms with van der Waals surface area (Å²) in [5.41, 5.74) is 0.0664.